The maximum atomic E-state index is 6.30. The first kappa shape index (κ1) is 26.3. The van der Waals surface area contributed by atoms with E-state index in [0.717, 1.165) is 81.3 Å². The molecule has 2 aliphatic heterocycles. The number of ether oxygens (including phenoxy) is 4. The van der Waals surface area contributed by atoms with Crippen molar-refractivity contribution in [3.8, 4) is 11.6 Å². The van der Waals surface area contributed by atoms with Gasteiger partial charge in [-0.25, -0.2) is 0 Å². The zero-order valence-electron chi connectivity index (χ0n) is 22.6. The van der Waals surface area contributed by atoms with Crippen molar-refractivity contribution in [2.75, 3.05) is 56.9 Å². The largest absolute Gasteiger partial charge is 0.497 e. The van der Waals surface area contributed by atoms with Crippen LogP contribution in [0.3, 0.4) is 0 Å². The molecule has 3 heterocycles. The summed E-state index contributed by atoms with van der Waals surface area (Å²) >= 11 is 0. The molecule has 202 valence electrons. The Kier molecular flexibility index (Phi) is 8.99. The number of hydrogen-bond acceptors (Lipinski definition) is 7. The number of aromatic nitrogens is 1. The molecule has 2 saturated heterocycles. The maximum absolute atomic E-state index is 6.30. The van der Waals surface area contributed by atoms with Crippen molar-refractivity contribution in [1.82, 2.24) is 4.98 Å². The lowest BCUT2D eigenvalue weighted by molar-refractivity contribution is 0.0741. The van der Waals surface area contributed by atoms with Crippen LogP contribution in [0.5, 0.6) is 11.6 Å². The number of hydrogen-bond donors (Lipinski definition) is 0. The van der Waals surface area contributed by atoms with E-state index in [-0.39, 0.29) is 12.1 Å². The summed E-state index contributed by atoms with van der Waals surface area (Å²) in [7, 11) is 3.52. The van der Waals surface area contributed by atoms with Crippen molar-refractivity contribution in [3.63, 3.8) is 0 Å². The molecule has 0 N–H and O–H groups in total. The van der Waals surface area contributed by atoms with Crippen LogP contribution in [0, 0.1) is 0 Å². The lowest BCUT2D eigenvalue weighted by Gasteiger charge is -2.36. The Morgan fingerprint density at radius 3 is 2.42 bits per heavy atom. The Labute approximate surface area is 226 Å². The molecule has 0 radical (unpaired) electrons. The summed E-state index contributed by atoms with van der Waals surface area (Å²) in [5, 5.41) is 0. The Bertz CT molecular complexity index is 1140. The summed E-state index contributed by atoms with van der Waals surface area (Å²) in [5.41, 5.74) is 3.51. The first-order chi connectivity index (χ1) is 18.7. The zero-order valence-corrected chi connectivity index (χ0v) is 22.6. The standard InChI is InChI=1S/C31H39N3O4/c1-35-27-13-11-25(12-14-27)23-38-31-22-26(33-16-18-37-19-17-33)21-30(32-31)34-15-7-6-10-29(36-2)28(34)20-24-8-4-3-5-9-24/h3-5,8-9,11-14,21-22,28-29H,6-7,10,15-20,23H2,1-2H3/t28-,29+/m0/s1. The second kappa shape index (κ2) is 13.0. The van der Waals surface area contributed by atoms with Gasteiger partial charge in [0.25, 0.3) is 0 Å². The molecular weight excluding hydrogens is 478 g/mol. The van der Waals surface area contributed by atoms with Gasteiger partial charge in [0, 0.05) is 44.6 Å². The zero-order chi connectivity index (χ0) is 26.2. The fourth-order valence-corrected chi connectivity index (χ4v) is 5.43. The van der Waals surface area contributed by atoms with E-state index in [9.17, 15) is 0 Å². The monoisotopic (exact) mass is 517 g/mol. The van der Waals surface area contributed by atoms with Crippen LogP contribution >= 0.6 is 0 Å². The van der Waals surface area contributed by atoms with Gasteiger partial charge in [0.05, 0.1) is 32.5 Å². The molecule has 0 aliphatic carbocycles. The summed E-state index contributed by atoms with van der Waals surface area (Å²) in [6.45, 7) is 4.55. The van der Waals surface area contributed by atoms with E-state index in [0.29, 0.717) is 12.5 Å². The molecule has 2 fully saturated rings. The first-order valence-corrected chi connectivity index (χ1v) is 13.7. The second-order valence-corrected chi connectivity index (χ2v) is 9.98. The number of anilines is 2. The molecular formula is C31H39N3O4. The molecule has 7 heteroatoms. The molecule has 3 aromatic rings. The van der Waals surface area contributed by atoms with Gasteiger partial charge in [-0.05, 0) is 48.9 Å². The smallest absolute Gasteiger partial charge is 0.217 e. The SMILES string of the molecule is COc1ccc(COc2cc(N3CCOCC3)cc(N3CCCC[C@@H](OC)[C@@H]3Cc3ccccc3)n2)cc1. The summed E-state index contributed by atoms with van der Waals surface area (Å²) in [6.07, 6.45) is 4.34. The van der Waals surface area contributed by atoms with E-state index in [1.54, 1.807) is 7.11 Å². The first-order valence-electron chi connectivity index (χ1n) is 13.7. The number of morpholine rings is 1. The minimum absolute atomic E-state index is 0.134. The van der Waals surface area contributed by atoms with Crippen LogP contribution in [-0.2, 0) is 22.5 Å². The minimum Gasteiger partial charge on any atom is -0.497 e. The van der Waals surface area contributed by atoms with E-state index in [2.05, 4.69) is 52.3 Å². The summed E-state index contributed by atoms with van der Waals surface area (Å²) in [6, 6.07) is 23.1. The van der Waals surface area contributed by atoms with Gasteiger partial charge < -0.3 is 28.7 Å². The normalized spacial score (nSPS) is 20.2. The van der Waals surface area contributed by atoms with Crippen molar-refractivity contribution < 1.29 is 18.9 Å². The van der Waals surface area contributed by atoms with Gasteiger partial charge in [0.2, 0.25) is 5.88 Å². The van der Waals surface area contributed by atoms with Crippen LogP contribution in [0.25, 0.3) is 0 Å². The Morgan fingerprint density at radius 1 is 0.895 bits per heavy atom. The van der Waals surface area contributed by atoms with Gasteiger partial charge in [-0.2, -0.15) is 4.98 Å². The van der Waals surface area contributed by atoms with E-state index < -0.39 is 0 Å². The molecule has 0 saturated carbocycles. The van der Waals surface area contributed by atoms with Gasteiger partial charge in [-0.3, -0.25) is 0 Å². The number of benzene rings is 2. The van der Waals surface area contributed by atoms with Gasteiger partial charge in [0.1, 0.15) is 18.2 Å². The number of methoxy groups -OCH3 is 2. The highest BCUT2D eigenvalue weighted by Crippen LogP contribution is 2.32. The molecule has 38 heavy (non-hydrogen) atoms. The van der Waals surface area contributed by atoms with E-state index in [1.165, 1.54) is 5.56 Å². The molecule has 2 aromatic carbocycles. The van der Waals surface area contributed by atoms with E-state index in [4.69, 9.17) is 23.9 Å². The summed E-state index contributed by atoms with van der Waals surface area (Å²) < 4.78 is 23.3. The molecule has 0 amide bonds. The lowest BCUT2D eigenvalue weighted by atomic mass is 9.98. The van der Waals surface area contributed by atoms with Gasteiger partial charge in [0.15, 0.2) is 0 Å². The Morgan fingerprint density at radius 2 is 1.68 bits per heavy atom. The number of pyridine rings is 1. The molecule has 1 aromatic heterocycles. The maximum Gasteiger partial charge on any atom is 0.217 e. The predicted octanol–water partition coefficient (Wildman–Crippen LogP) is 5.12. The van der Waals surface area contributed by atoms with Crippen molar-refractivity contribution in [1.29, 1.82) is 0 Å². The molecule has 2 atom stereocenters. The van der Waals surface area contributed by atoms with Crippen LogP contribution < -0.4 is 19.3 Å². The fraction of sp³-hybridized carbons (Fsp3) is 0.452. The van der Waals surface area contributed by atoms with Crippen molar-refractivity contribution in [3.05, 3.63) is 77.9 Å². The minimum atomic E-state index is 0.134. The highest BCUT2D eigenvalue weighted by Gasteiger charge is 2.32. The second-order valence-electron chi connectivity index (χ2n) is 9.98. The fourth-order valence-electron chi connectivity index (χ4n) is 5.43. The number of nitrogens with zero attached hydrogens (tertiary/aromatic N) is 3. The van der Waals surface area contributed by atoms with Crippen molar-refractivity contribution >= 4 is 11.5 Å². The summed E-state index contributed by atoms with van der Waals surface area (Å²) in [5.74, 6) is 2.42. The molecule has 7 nitrogen and oxygen atoms in total. The van der Waals surface area contributed by atoms with Crippen LogP contribution in [0.1, 0.15) is 30.4 Å². The van der Waals surface area contributed by atoms with Crippen LogP contribution in [-0.4, -0.2) is 64.2 Å². The number of rotatable bonds is 9. The third kappa shape index (κ3) is 6.58. The van der Waals surface area contributed by atoms with E-state index >= 15 is 0 Å². The van der Waals surface area contributed by atoms with Gasteiger partial charge in [-0.15, -0.1) is 0 Å². The van der Waals surface area contributed by atoms with Gasteiger partial charge in [-0.1, -0.05) is 42.5 Å². The third-order valence-corrected chi connectivity index (χ3v) is 7.55. The molecule has 0 bridgehead atoms. The predicted molar refractivity (Wildman–Crippen MR) is 151 cm³/mol. The van der Waals surface area contributed by atoms with Crippen molar-refractivity contribution in [2.24, 2.45) is 0 Å². The third-order valence-electron chi connectivity index (χ3n) is 7.55. The molecule has 2 aliphatic rings. The Balaban J connectivity index is 1.46. The van der Waals surface area contributed by atoms with Crippen LogP contribution in [0.15, 0.2) is 66.7 Å². The Hall–Kier alpha value is -3.29. The molecule has 0 spiro atoms. The van der Waals surface area contributed by atoms with E-state index in [1.807, 2.05) is 31.4 Å². The average molecular weight is 518 g/mol. The highest BCUT2D eigenvalue weighted by molar-refractivity contribution is 5.59. The molecule has 5 rings (SSSR count). The lowest BCUT2D eigenvalue weighted by Crippen LogP contribution is -2.45. The average Bonchev–Trinajstić information content (AvgIpc) is 3.19. The molecule has 0 unspecified atom stereocenters. The topological polar surface area (TPSA) is 56.3 Å². The van der Waals surface area contributed by atoms with Gasteiger partial charge >= 0.3 is 0 Å². The van der Waals surface area contributed by atoms with Crippen LogP contribution in [0.2, 0.25) is 0 Å². The van der Waals surface area contributed by atoms with Crippen molar-refractivity contribution in [2.45, 2.75) is 44.4 Å². The van der Waals surface area contributed by atoms with Crippen LogP contribution in [0.4, 0.5) is 11.5 Å². The summed E-state index contributed by atoms with van der Waals surface area (Å²) in [4.78, 5) is 9.89. The quantitative estimate of drug-likeness (QED) is 0.390. The highest BCUT2D eigenvalue weighted by atomic mass is 16.5.